The van der Waals surface area contributed by atoms with Gasteiger partial charge in [-0.1, -0.05) is 13.8 Å². The van der Waals surface area contributed by atoms with Crippen LogP contribution >= 0.6 is 0 Å². The van der Waals surface area contributed by atoms with Crippen molar-refractivity contribution in [3.8, 4) is 0 Å². The summed E-state index contributed by atoms with van der Waals surface area (Å²) in [6.45, 7) is 7.91. The molecule has 102 valence electrons. The van der Waals surface area contributed by atoms with Gasteiger partial charge in [-0.3, -0.25) is 0 Å². The van der Waals surface area contributed by atoms with E-state index in [0.29, 0.717) is 11.5 Å². The van der Waals surface area contributed by atoms with E-state index >= 15 is 0 Å². The minimum Gasteiger partial charge on any atom is -0.394 e. The van der Waals surface area contributed by atoms with Crippen molar-refractivity contribution in [3.05, 3.63) is 0 Å². The van der Waals surface area contributed by atoms with Crippen molar-refractivity contribution in [2.75, 3.05) is 27.2 Å². The summed E-state index contributed by atoms with van der Waals surface area (Å²) in [5.41, 5.74) is 0.350. The van der Waals surface area contributed by atoms with Gasteiger partial charge in [0.1, 0.15) is 0 Å². The van der Waals surface area contributed by atoms with E-state index in [1.807, 2.05) is 7.05 Å². The Morgan fingerprint density at radius 2 is 1.88 bits per heavy atom. The predicted molar refractivity (Wildman–Crippen MR) is 73.2 cm³/mol. The molecule has 1 aliphatic carbocycles. The molecule has 1 rings (SSSR count). The molecular weight excluding hydrogens is 212 g/mol. The Morgan fingerprint density at radius 1 is 1.35 bits per heavy atom. The van der Waals surface area contributed by atoms with Gasteiger partial charge in [-0.05, 0) is 52.1 Å². The normalized spacial score (nSPS) is 24.9. The molecule has 0 aromatic heterocycles. The van der Waals surface area contributed by atoms with Crippen LogP contribution in [0.15, 0.2) is 0 Å². The third kappa shape index (κ3) is 4.23. The van der Waals surface area contributed by atoms with Crippen molar-refractivity contribution in [2.45, 2.75) is 58.0 Å². The highest BCUT2D eigenvalue weighted by Crippen LogP contribution is 2.36. The Kier molecular flexibility index (Phi) is 4.99. The van der Waals surface area contributed by atoms with Crippen molar-refractivity contribution in [1.29, 1.82) is 0 Å². The first-order valence-electron chi connectivity index (χ1n) is 6.82. The second-order valence-electron chi connectivity index (χ2n) is 6.78. The van der Waals surface area contributed by atoms with Crippen molar-refractivity contribution < 1.29 is 5.11 Å². The highest BCUT2D eigenvalue weighted by molar-refractivity contribution is 4.89. The number of aliphatic hydroxyl groups is 1. The van der Waals surface area contributed by atoms with Crippen LogP contribution in [0.5, 0.6) is 0 Å². The summed E-state index contributed by atoms with van der Waals surface area (Å²) in [7, 11) is 4.11. The van der Waals surface area contributed by atoms with Gasteiger partial charge in [0, 0.05) is 12.6 Å². The van der Waals surface area contributed by atoms with Crippen LogP contribution in [0.2, 0.25) is 0 Å². The Hall–Kier alpha value is -0.120. The average molecular weight is 242 g/mol. The maximum absolute atomic E-state index is 9.43. The molecule has 0 radical (unpaired) electrons. The second kappa shape index (κ2) is 5.68. The minimum absolute atomic E-state index is 0.179. The Balaban J connectivity index is 2.46. The van der Waals surface area contributed by atoms with Crippen LogP contribution in [-0.4, -0.2) is 48.8 Å². The van der Waals surface area contributed by atoms with Gasteiger partial charge in [0.05, 0.1) is 12.1 Å². The first-order valence-corrected chi connectivity index (χ1v) is 6.82. The summed E-state index contributed by atoms with van der Waals surface area (Å²) >= 11 is 0. The van der Waals surface area contributed by atoms with E-state index in [-0.39, 0.29) is 12.1 Å². The highest BCUT2D eigenvalue weighted by Gasteiger charge is 2.31. The number of nitrogens with one attached hydrogen (secondary N) is 1. The number of hydrogen-bond acceptors (Lipinski definition) is 3. The molecule has 0 aromatic carbocycles. The molecule has 1 unspecified atom stereocenters. The van der Waals surface area contributed by atoms with Gasteiger partial charge >= 0.3 is 0 Å². The molecule has 1 atom stereocenters. The summed E-state index contributed by atoms with van der Waals surface area (Å²) in [4.78, 5) is 2.42. The molecule has 17 heavy (non-hydrogen) atoms. The van der Waals surface area contributed by atoms with Crippen molar-refractivity contribution in [1.82, 2.24) is 10.2 Å². The molecule has 0 saturated heterocycles. The zero-order chi connectivity index (χ0) is 13.1. The first kappa shape index (κ1) is 14.9. The molecule has 3 nitrogen and oxygen atoms in total. The van der Waals surface area contributed by atoms with E-state index in [2.05, 4.69) is 38.0 Å². The average Bonchev–Trinajstić information content (AvgIpc) is 2.28. The number of nitrogens with zero attached hydrogens (tertiary/aromatic N) is 1. The third-order valence-electron chi connectivity index (χ3n) is 4.48. The second-order valence-corrected chi connectivity index (χ2v) is 6.78. The number of hydrogen-bond donors (Lipinski definition) is 2. The van der Waals surface area contributed by atoms with Crippen molar-refractivity contribution >= 4 is 0 Å². The number of rotatable bonds is 5. The van der Waals surface area contributed by atoms with Crippen LogP contribution in [-0.2, 0) is 0 Å². The summed E-state index contributed by atoms with van der Waals surface area (Å²) < 4.78 is 0. The predicted octanol–water partition coefficient (Wildman–Crippen LogP) is 1.86. The lowest BCUT2D eigenvalue weighted by atomic mass is 9.75. The van der Waals surface area contributed by atoms with E-state index in [1.54, 1.807) is 0 Å². The third-order valence-corrected chi connectivity index (χ3v) is 4.48. The summed E-state index contributed by atoms with van der Waals surface area (Å²) in [6.07, 6.45) is 5.21. The van der Waals surface area contributed by atoms with Gasteiger partial charge in [0.15, 0.2) is 0 Å². The fourth-order valence-electron chi connectivity index (χ4n) is 2.71. The van der Waals surface area contributed by atoms with Crippen LogP contribution in [0.4, 0.5) is 0 Å². The molecule has 1 saturated carbocycles. The zero-order valence-corrected chi connectivity index (χ0v) is 12.2. The first-order chi connectivity index (χ1) is 7.82. The van der Waals surface area contributed by atoms with Crippen LogP contribution in [0.3, 0.4) is 0 Å². The van der Waals surface area contributed by atoms with Crippen LogP contribution in [0.25, 0.3) is 0 Å². The van der Waals surface area contributed by atoms with E-state index in [4.69, 9.17) is 0 Å². The van der Waals surface area contributed by atoms with E-state index < -0.39 is 0 Å². The van der Waals surface area contributed by atoms with Gasteiger partial charge in [-0.25, -0.2) is 0 Å². The maximum Gasteiger partial charge on any atom is 0.0623 e. The zero-order valence-electron chi connectivity index (χ0n) is 12.2. The molecule has 2 N–H and O–H groups in total. The smallest absolute Gasteiger partial charge is 0.0623 e. The molecular formula is C14H30N2O. The van der Waals surface area contributed by atoms with E-state index in [9.17, 15) is 5.11 Å². The topological polar surface area (TPSA) is 35.5 Å². The molecule has 0 aliphatic heterocycles. The fourth-order valence-corrected chi connectivity index (χ4v) is 2.71. The number of aliphatic hydroxyl groups excluding tert-OH is 1. The van der Waals surface area contributed by atoms with Gasteiger partial charge in [0.2, 0.25) is 0 Å². The molecule has 0 heterocycles. The maximum atomic E-state index is 9.43. The fraction of sp³-hybridized carbons (Fsp3) is 1.00. The monoisotopic (exact) mass is 242 g/mol. The summed E-state index contributed by atoms with van der Waals surface area (Å²) in [5.74, 6) is 0. The Labute approximate surface area is 107 Å². The largest absolute Gasteiger partial charge is 0.394 e. The van der Waals surface area contributed by atoms with Gasteiger partial charge < -0.3 is 15.3 Å². The van der Waals surface area contributed by atoms with Gasteiger partial charge in [-0.2, -0.15) is 0 Å². The lowest BCUT2D eigenvalue weighted by molar-refractivity contribution is 0.0812. The molecule has 0 amide bonds. The Bertz CT molecular complexity index is 226. The number of likely N-dealkylation sites (N-methyl/N-ethyl adjacent to an activating group) is 2. The molecule has 0 aromatic rings. The summed E-state index contributed by atoms with van der Waals surface area (Å²) in [5, 5.41) is 12.6. The SMILES string of the molecule is CNC(C)(CO)CN(C)C1CCC(C)(C)CC1. The molecule has 1 aliphatic rings. The minimum atomic E-state index is -0.179. The molecule has 3 heteroatoms. The lowest BCUT2D eigenvalue weighted by Gasteiger charge is -2.41. The van der Waals surface area contributed by atoms with Gasteiger partial charge in [-0.15, -0.1) is 0 Å². The van der Waals surface area contributed by atoms with Gasteiger partial charge in [0.25, 0.3) is 0 Å². The summed E-state index contributed by atoms with van der Waals surface area (Å²) in [6, 6.07) is 0.683. The van der Waals surface area contributed by atoms with E-state index in [0.717, 1.165) is 6.54 Å². The van der Waals surface area contributed by atoms with Crippen molar-refractivity contribution in [2.24, 2.45) is 5.41 Å². The quantitative estimate of drug-likeness (QED) is 0.772. The standard InChI is InChI=1S/C14H30N2O/c1-13(2)8-6-12(7-9-13)16(5)10-14(3,11-17)15-4/h12,15,17H,6-11H2,1-5H3. The Morgan fingerprint density at radius 3 is 2.29 bits per heavy atom. The lowest BCUT2D eigenvalue weighted by Crippen LogP contribution is -2.54. The van der Waals surface area contributed by atoms with Crippen LogP contribution < -0.4 is 5.32 Å². The van der Waals surface area contributed by atoms with Crippen LogP contribution in [0, 0.1) is 5.41 Å². The highest BCUT2D eigenvalue weighted by atomic mass is 16.3. The van der Waals surface area contributed by atoms with Crippen LogP contribution in [0.1, 0.15) is 46.5 Å². The molecule has 0 spiro atoms. The molecule has 1 fully saturated rings. The molecule has 0 bridgehead atoms. The van der Waals surface area contributed by atoms with E-state index in [1.165, 1.54) is 25.7 Å². The van der Waals surface area contributed by atoms with Crippen molar-refractivity contribution in [3.63, 3.8) is 0 Å².